The van der Waals surface area contributed by atoms with Gasteiger partial charge in [-0.1, -0.05) is 31.4 Å². The van der Waals surface area contributed by atoms with Gasteiger partial charge < -0.3 is 10.1 Å². The summed E-state index contributed by atoms with van der Waals surface area (Å²) in [6.07, 6.45) is 4.55. The van der Waals surface area contributed by atoms with Crippen molar-refractivity contribution in [3.8, 4) is 0 Å². The maximum atomic E-state index is 12.9. The highest BCUT2D eigenvalue weighted by Gasteiger charge is 2.40. The molecule has 1 aliphatic heterocycles. The van der Waals surface area contributed by atoms with E-state index < -0.39 is 29.3 Å². The fourth-order valence-electron chi connectivity index (χ4n) is 4.20. The molecule has 0 atom stereocenters. The number of ether oxygens (including phenoxy) is 1. The lowest BCUT2D eigenvalue weighted by molar-refractivity contribution is -0.383. The van der Waals surface area contributed by atoms with Crippen LogP contribution in [0.5, 0.6) is 0 Å². The number of nitro groups is 1. The van der Waals surface area contributed by atoms with Crippen LogP contribution in [-0.4, -0.2) is 46.2 Å². The molecule has 2 aliphatic rings. The highest BCUT2D eigenvalue weighted by Crippen LogP contribution is 2.31. The summed E-state index contributed by atoms with van der Waals surface area (Å²) < 4.78 is 5.00. The Morgan fingerprint density at radius 1 is 1.03 bits per heavy atom. The van der Waals surface area contributed by atoms with Crippen molar-refractivity contribution in [1.82, 2.24) is 4.90 Å². The molecule has 1 heterocycles. The third-order valence-electron chi connectivity index (χ3n) is 5.80. The second-order valence-corrected chi connectivity index (χ2v) is 7.93. The summed E-state index contributed by atoms with van der Waals surface area (Å²) in [6.45, 7) is -0.678. The number of fused-ring (bicyclic) bond motifs is 1. The van der Waals surface area contributed by atoms with Crippen LogP contribution < -0.4 is 5.32 Å². The quantitative estimate of drug-likeness (QED) is 0.308. The number of anilines is 1. The molecular weight excluding hydrogens is 430 g/mol. The number of rotatable bonds is 6. The van der Waals surface area contributed by atoms with E-state index >= 15 is 0 Å². The molecule has 1 fully saturated rings. The Labute approximate surface area is 188 Å². The molecule has 10 heteroatoms. The van der Waals surface area contributed by atoms with Gasteiger partial charge in [0.1, 0.15) is 5.69 Å². The molecule has 0 bridgehead atoms. The van der Waals surface area contributed by atoms with E-state index in [-0.39, 0.29) is 40.0 Å². The zero-order chi connectivity index (χ0) is 23.5. The maximum absolute atomic E-state index is 12.9. The van der Waals surface area contributed by atoms with Gasteiger partial charge in [0.25, 0.3) is 23.4 Å². The van der Waals surface area contributed by atoms with Gasteiger partial charge in [-0.3, -0.25) is 29.4 Å². The van der Waals surface area contributed by atoms with E-state index in [4.69, 9.17) is 4.74 Å². The number of benzene rings is 2. The van der Waals surface area contributed by atoms with E-state index in [1.54, 1.807) is 0 Å². The van der Waals surface area contributed by atoms with Crippen molar-refractivity contribution in [2.45, 2.75) is 38.1 Å². The van der Waals surface area contributed by atoms with Gasteiger partial charge >= 0.3 is 5.97 Å². The number of carbonyl (C=O) groups is 4. The summed E-state index contributed by atoms with van der Waals surface area (Å²) >= 11 is 0. The number of nitrogens with zero attached hydrogens (tertiary/aromatic N) is 2. The van der Waals surface area contributed by atoms with E-state index in [0.717, 1.165) is 32.1 Å². The molecule has 1 saturated carbocycles. The molecule has 0 aromatic heterocycles. The third-order valence-corrected chi connectivity index (χ3v) is 5.80. The number of nitro benzene ring substituents is 1. The minimum Gasteiger partial charge on any atom is -0.452 e. The minimum absolute atomic E-state index is 0.0204. The van der Waals surface area contributed by atoms with Crippen LogP contribution in [0.2, 0.25) is 0 Å². The summed E-state index contributed by atoms with van der Waals surface area (Å²) in [5.41, 5.74) is 0.106. The number of esters is 1. The number of hydrogen-bond donors (Lipinski definition) is 1. The van der Waals surface area contributed by atoms with Crippen molar-refractivity contribution >= 4 is 35.1 Å². The topological polar surface area (TPSA) is 136 Å². The first-order valence-corrected chi connectivity index (χ1v) is 10.6. The van der Waals surface area contributed by atoms with Crippen LogP contribution >= 0.6 is 0 Å². The Morgan fingerprint density at radius 2 is 1.73 bits per heavy atom. The number of imide groups is 1. The molecule has 0 spiro atoms. The predicted molar refractivity (Wildman–Crippen MR) is 116 cm³/mol. The summed E-state index contributed by atoms with van der Waals surface area (Å²) in [7, 11) is 0. The van der Waals surface area contributed by atoms with Gasteiger partial charge in [-0.15, -0.1) is 0 Å². The summed E-state index contributed by atoms with van der Waals surface area (Å²) in [4.78, 5) is 61.8. The van der Waals surface area contributed by atoms with Crippen molar-refractivity contribution in [3.05, 3.63) is 69.3 Å². The minimum atomic E-state index is -0.855. The number of hydrogen-bond acceptors (Lipinski definition) is 7. The molecule has 1 N–H and O–H groups in total. The summed E-state index contributed by atoms with van der Waals surface area (Å²) in [5.74, 6) is -2.39. The molecule has 2 aromatic carbocycles. The highest BCUT2D eigenvalue weighted by molar-refractivity contribution is 6.22. The fraction of sp³-hybridized carbons (Fsp3) is 0.304. The number of carbonyl (C=O) groups excluding carboxylic acids is 4. The van der Waals surface area contributed by atoms with E-state index in [0.29, 0.717) is 0 Å². The Hall–Kier alpha value is -4.08. The van der Waals surface area contributed by atoms with Crippen LogP contribution in [0.1, 0.15) is 63.2 Å². The first-order chi connectivity index (χ1) is 15.9. The maximum Gasteiger partial charge on any atom is 0.338 e. The lowest BCUT2D eigenvalue weighted by Crippen LogP contribution is -2.40. The molecule has 33 heavy (non-hydrogen) atoms. The highest BCUT2D eigenvalue weighted by atomic mass is 16.6. The first kappa shape index (κ1) is 22.1. The van der Waals surface area contributed by atoms with Gasteiger partial charge in [0.15, 0.2) is 6.61 Å². The van der Waals surface area contributed by atoms with Crippen LogP contribution in [0.3, 0.4) is 0 Å². The number of nitrogens with one attached hydrogen (secondary N) is 1. The zero-order valence-corrected chi connectivity index (χ0v) is 17.6. The van der Waals surface area contributed by atoms with Crippen molar-refractivity contribution in [1.29, 1.82) is 0 Å². The lowest BCUT2D eigenvalue weighted by Gasteiger charge is -2.29. The van der Waals surface area contributed by atoms with Crippen LogP contribution in [0, 0.1) is 10.1 Å². The predicted octanol–water partition coefficient (Wildman–Crippen LogP) is 3.32. The number of amides is 3. The summed E-state index contributed by atoms with van der Waals surface area (Å²) in [6, 6.07) is 9.55. The smallest absolute Gasteiger partial charge is 0.338 e. The van der Waals surface area contributed by atoms with Gasteiger partial charge in [-0.2, -0.15) is 0 Å². The number of para-hydroxylation sites is 2. The summed E-state index contributed by atoms with van der Waals surface area (Å²) in [5, 5.41) is 13.4. The van der Waals surface area contributed by atoms with Crippen LogP contribution in [-0.2, 0) is 9.53 Å². The molecular formula is C23H21N3O7. The molecule has 0 unspecified atom stereocenters. The second-order valence-electron chi connectivity index (χ2n) is 7.93. The molecule has 10 nitrogen and oxygen atoms in total. The molecule has 3 amide bonds. The standard InChI is InChI=1S/C23H21N3O7/c27-20(24-18-8-4-5-9-19(18)26(31)32)13-33-23(30)14-10-11-16-17(12-14)22(29)25(21(16)28)15-6-2-1-3-7-15/h4-5,8-12,15H,1-3,6-7,13H2,(H,24,27). The van der Waals surface area contributed by atoms with Crippen LogP contribution in [0.4, 0.5) is 11.4 Å². The molecule has 170 valence electrons. The Balaban J connectivity index is 1.41. The Kier molecular flexibility index (Phi) is 6.16. The lowest BCUT2D eigenvalue weighted by atomic mass is 9.94. The zero-order valence-electron chi connectivity index (χ0n) is 17.6. The van der Waals surface area contributed by atoms with Gasteiger partial charge in [-0.25, -0.2) is 4.79 Å². The first-order valence-electron chi connectivity index (χ1n) is 10.6. The monoisotopic (exact) mass is 451 g/mol. The molecule has 4 rings (SSSR count). The van der Waals surface area contributed by atoms with E-state index in [1.807, 2.05) is 0 Å². The second kappa shape index (κ2) is 9.19. The van der Waals surface area contributed by atoms with Crippen molar-refractivity contribution in [2.24, 2.45) is 0 Å². The van der Waals surface area contributed by atoms with Gasteiger partial charge in [-0.05, 0) is 37.1 Å². The largest absolute Gasteiger partial charge is 0.452 e. The fourth-order valence-corrected chi connectivity index (χ4v) is 4.20. The molecule has 0 radical (unpaired) electrons. The van der Waals surface area contributed by atoms with Crippen LogP contribution in [0.25, 0.3) is 0 Å². The molecule has 2 aromatic rings. The normalized spacial score (nSPS) is 15.8. The Bertz CT molecular complexity index is 1150. The third kappa shape index (κ3) is 4.45. The van der Waals surface area contributed by atoms with Gasteiger partial charge in [0.05, 0.1) is 21.6 Å². The Morgan fingerprint density at radius 3 is 2.45 bits per heavy atom. The average Bonchev–Trinajstić information content (AvgIpc) is 3.07. The van der Waals surface area contributed by atoms with Crippen LogP contribution in [0.15, 0.2) is 42.5 Å². The molecule has 1 aliphatic carbocycles. The van der Waals surface area contributed by atoms with Gasteiger partial charge in [0.2, 0.25) is 0 Å². The van der Waals surface area contributed by atoms with E-state index in [1.165, 1.54) is 47.4 Å². The average molecular weight is 451 g/mol. The van der Waals surface area contributed by atoms with Crippen molar-refractivity contribution in [3.63, 3.8) is 0 Å². The van der Waals surface area contributed by atoms with Crippen molar-refractivity contribution in [2.75, 3.05) is 11.9 Å². The van der Waals surface area contributed by atoms with Crippen molar-refractivity contribution < 1.29 is 28.8 Å². The molecule has 0 saturated heterocycles. The van der Waals surface area contributed by atoms with E-state index in [9.17, 15) is 29.3 Å². The SMILES string of the molecule is O=C(COC(=O)c1ccc2c(c1)C(=O)N(C1CCCCC1)C2=O)Nc1ccccc1[N+](=O)[O-]. The van der Waals surface area contributed by atoms with Gasteiger partial charge in [0, 0.05) is 12.1 Å². The van der Waals surface area contributed by atoms with E-state index in [2.05, 4.69) is 5.32 Å².